The van der Waals surface area contributed by atoms with E-state index in [1.165, 1.54) is 63.4 Å². The molecule has 2 saturated carbocycles. The van der Waals surface area contributed by atoms with Crippen LogP contribution in [0.25, 0.3) is 0 Å². The van der Waals surface area contributed by atoms with E-state index >= 15 is 0 Å². The van der Waals surface area contributed by atoms with E-state index in [-0.39, 0.29) is 5.82 Å². The Morgan fingerprint density at radius 3 is 2.05 bits per heavy atom. The Morgan fingerprint density at radius 2 is 1.45 bits per heavy atom. The van der Waals surface area contributed by atoms with Crippen molar-refractivity contribution in [2.75, 3.05) is 0 Å². The molecule has 0 amide bonds. The van der Waals surface area contributed by atoms with Gasteiger partial charge in [0.2, 0.25) is 0 Å². The molecule has 0 nitrogen and oxygen atoms in total. The summed E-state index contributed by atoms with van der Waals surface area (Å²) in [5.74, 6) is 2.00. The minimum absolute atomic E-state index is 0.0630. The SMILES string of the molecule is CC.CC1CCC(c2ccc(C3CCCCC3)c(F)c2)CC1. The summed E-state index contributed by atoms with van der Waals surface area (Å²) in [5, 5.41) is 0. The zero-order valence-corrected chi connectivity index (χ0v) is 14.7. The van der Waals surface area contributed by atoms with Gasteiger partial charge in [0.25, 0.3) is 0 Å². The Labute approximate surface area is 136 Å². The van der Waals surface area contributed by atoms with Crippen LogP contribution in [0.1, 0.15) is 102 Å². The average Bonchev–Trinajstić information content (AvgIpc) is 2.58. The van der Waals surface area contributed by atoms with Gasteiger partial charge in [0.1, 0.15) is 5.82 Å². The Hall–Kier alpha value is -0.850. The van der Waals surface area contributed by atoms with Crippen molar-refractivity contribution < 1.29 is 4.39 Å². The Morgan fingerprint density at radius 1 is 0.818 bits per heavy atom. The first kappa shape index (κ1) is 17.5. The summed E-state index contributed by atoms with van der Waals surface area (Å²) in [7, 11) is 0. The van der Waals surface area contributed by atoms with Crippen LogP contribution in [0.15, 0.2) is 18.2 Å². The Bertz CT molecular complexity index is 437. The standard InChI is InChI=1S/C19H27F.C2H6/c1-14-7-9-15(10-8-14)17-11-12-18(19(20)13-17)16-5-3-2-4-6-16;1-2/h11-16H,2-10H2,1H3;1-2H3. The first-order chi connectivity index (χ1) is 10.7. The lowest BCUT2D eigenvalue weighted by atomic mass is 9.78. The molecule has 1 aromatic carbocycles. The van der Waals surface area contributed by atoms with Crippen LogP contribution in [0.5, 0.6) is 0 Å². The lowest BCUT2D eigenvalue weighted by molar-refractivity contribution is 0.347. The highest BCUT2D eigenvalue weighted by atomic mass is 19.1. The van der Waals surface area contributed by atoms with E-state index in [2.05, 4.69) is 19.1 Å². The molecule has 22 heavy (non-hydrogen) atoms. The first-order valence-electron chi connectivity index (χ1n) is 9.53. The molecule has 0 radical (unpaired) electrons. The lowest BCUT2D eigenvalue weighted by Crippen LogP contribution is -2.12. The second kappa shape index (κ2) is 8.70. The number of rotatable bonds is 2. The van der Waals surface area contributed by atoms with Crippen molar-refractivity contribution in [2.24, 2.45) is 5.92 Å². The van der Waals surface area contributed by atoms with Crippen LogP contribution in [0, 0.1) is 11.7 Å². The molecule has 0 saturated heterocycles. The summed E-state index contributed by atoms with van der Waals surface area (Å²) in [6, 6.07) is 6.16. The fraction of sp³-hybridized carbons (Fsp3) is 0.714. The van der Waals surface area contributed by atoms with Gasteiger partial charge >= 0.3 is 0 Å². The summed E-state index contributed by atoms with van der Waals surface area (Å²) in [6.45, 7) is 6.34. The predicted molar refractivity (Wildman–Crippen MR) is 93.9 cm³/mol. The normalized spacial score (nSPS) is 26.2. The average molecular weight is 304 g/mol. The van der Waals surface area contributed by atoms with Gasteiger partial charge in [-0.15, -0.1) is 0 Å². The molecule has 0 bridgehead atoms. The van der Waals surface area contributed by atoms with E-state index in [1.54, 1.807) is 0 Å². The van der Waals surface area contributed by atoms with Gasteiger partial charge in [0.05, 0.1) is 0 Å². The topological polar surface area (TPSA) is 0 Å². The largest absolute Gasteiger partial charge is 0.207 e. The van der Waals surface area contributed by atoms with Crippen LogP contribution in [0.3, 0.4) is 0 Å². The molecule has 1 heteroatoms. The van der Waals surface area contributed by atoms with Gasteiger partial charge in [0, 0.05) is 0 Å². The molecule has 2 fully saturated rings. The van der Waals surface area contributed by atoms with E-state index < -0.39 is 0 Å². The molecule has 0 aromatic heterocycles. The van der Waals surface area contributed by atoms with Gasteiger partial charge in [0.15, 0.2) is 0 Å². The monoisotopic (exact) mass is 304 g/mol. The molecule has 1 aromatic rings. The maximum atomic E-state index is 14.5. The van der Waals surface area contributed by atoms with Gasteiger partial charge in [-0.2, -0.15) is 0 Å². The third-order valence-corrected chi connectivity index (χ3v) is 5.56. The molecule has 0 heterocycles. The number of hydrogen-bond donors (Lipinski definition) is 0. The van der Waals surface area contributed by atoms with Crippen LogP contribution in [0.4, 0.5) is 4.39 Å². The summed E-state index contributed by atoms with van der Waals surface area (Å²) < 4.78 is 14.5. The second-order valence-electron chi connectivity index (χ2n) is 7.07. The molecule has 0 aliphatic heterocycles. The van der Waals surface area contributed by atoms with E-state index in [4.69, 9.17) is 0 Å². The van der Waals surface area contributed by atoms with E-state index in [0.29, 0.717) is 11.8 Å². The van der Waals surface area contributed by atoms with Crippen molar-refractivity contribution in [2.45, 2.75) is 90.4 Å². The minimum atomic E-state index is 0.0630. The molecule has 2 aliphatic rings. The quantitative estimate of drug-likeness (QED) is 0.542. The number of benzene rings is 1. The van der Waals surface area contributed by atoms with Crippen LogP contribution in [-0.2, 0) is 0 Å². The molecule has 0 N–H and O–H groups in total. The molecule has 3 rings (SSSR count). The minimum Gasteiger partial charge on any atom is -0.207 e. The van der Waals surface area contributed by atoms with Crippen molar-refractivity contribution in [1.29, 1.82) is 0 Å². The molecular weight excluding hydrogens is 271 g/mol. The van der Waals surface area contributed by atoms with Crippen molar-refractivity contribution in [3.63, 3.8) is 0 Å². The zero-order valence-electron chi connectivity index (χ0n) is 14.7. The van der Waals surface area contributed by atoms with Gasteiger partial charge in [-0.1, -0.05) is 65.0 Å². The molecule has 2 aliphatic carbocycles. The highest BCUT2D eigenvalue weighted by molar-refractivity contribution is 5.30. The highest BCUT2D eigenvalue weighted by Gasteiger charge is 2.23. The maximum absolute atomic E-state index is 14.5. The van der Waals surface area contributed by atoms with E-state index in [0.717, 1.165) is 11.5 Å². The van der Waals surface area contributed by atoms with Gasteiger partial charge in [-0.25, -0.2) is 4.39 Å². The van der Waals surface area contributed by atoms with Gasteiger partial charge in [-0.05, 0) is 60.6 Å². The summed E-state index contributed by atoms with van der Waals surface area (Å²) >= 11 is 0. The smallest absolute Gasteiger partial charge is 0.126 e. The second-order valence-corrected chi connectivity index (χ2v) is 7.07. The highest BCUT2D eigenvalue weighted by Crippen LogP contribution is 2.38. The number of hydrogen-bond acceptors (Lipinski definition) is 0. The fourth-order valence-electron chi connectivity index (χ4n) is 4.14. The van der Waals surface area contributed by atoms with Crippen molar-refractivity contribution in [1.82, 2.24) is 0 Å². The molecule has 0 atom stereocenters. The van der Waals surface area contributed by atoms with Crippen LogP contribution >= 0.6 is 0 Å². The van der Waals surface area contributed by atoms with Crippen molar-refractivity contribution in [3.8, 4) is 0 Å². The zero-order chi connectivity index (χ0) is 15.9. The fourth-order valence-corrected chi connectivity index (χ4v) is 4.14. The van der Waals surface area contributed by atoms with E-state index in [1.807, 2.05) is 19.9 Å². The molecule has 124 valence electrons. The third kappa shape index (κ3) is 4.33. The Balaban J connectivity index is 0.000000847. The van der Waals surface area contributed by atoms with Crippen molar-refractivity contribution >= 4 is 0 Å². The summed E-state index contributed by atoms with van der Waals surface area (Å²) in [6.07, 6.45) is 11.3. The molecule has 0 unspecified atom stereocenters. The van der Waals surface area contributed by atoms with E-state index in [9.17, 15) is 4.39 Å². The first-order valence-corrected chi connectivity index (χ1v) is 9.53. The van der Waals surface area contributed by atoms with Crippen LogP contribution in [-0.4, -0.2) is 0 Å². The third-order valence-electron chi connectivity index (χ3n) is 5.56. The summed E-state index contributed by atoms with van der Waals surface area (Å²) in [4.78, 5) is 0. The Kier molecular flexibility index (Phi) is 6.92. The number of halogens is 1. The summed E-state index contributed by atoms with van der Waals surface area (Å²) in [5.41, 5.74) is 2.23. The molecule has 0 spiro atoms. The van der Waals surface area contributed by atoms with Crippen LogP contribution in [0.2, 0.25) is 0 Å². The molecular formula is C21H33F. The van der Waals surface area contributed by atoms with Gasteiger partial charge < -0.3 is 0 Å². The van der Waals surface area contributed by atoms with Gasteiger partial charge in [-0.3, -0.25) is 0 Å². The maximum Gasteiger partial charge on any atom is 0.126 e. The van der Waals surface area contributed by atoms with Crippen LogP contribution < -0.4 is 0 Å². The lowest BCUT2D eigenvalue weighted by Gasteiger charge is -2.27. The predicted octanol–water partition coefficient (Wildman–Crippen LogP) is 7.19. The van der Waals surface area contributed by atoms with Crippen molar-refractivity contribution in [3.05, 3.63) is 35.1 Å².